The Kier molecular flexibility index (Phi) is 6.99. The summed E-state index contributed by atoms with van der Waals surface area (Å²) in [6, 6.07) is 14.1. The SMILES string of the molecule is CCOc1ccc(C(=O)NCC(=O)NCc2nc(-c3ccc(OC)cc3)n[nH]2)cc1. The summed E-state index contributed by atoms with van der Waals surface area (Å²) in [6.45, 7) is 2.46. The van der Waals surface area contributed by atoms with Gasteiger partial charge in [-0.3, -0.25) is 14.7 Å². The van der Waals surface area contributed by atoms with E-state index in [1.807, 2.05) is 31.2 Å². The fourth-order valence-corrected chi connectivity index (χ4v) is 2.62. The first-order valence-corrected chi connectivity index (χ1v) is 9.42. The van der Waals surface area contributed by atoms with Crippen molar-refractivity contribution in [1.82, 2.24) is 25.8 Å². The molecule has 3 N–H and O–H groups in total. The molecule has 0 fully saturated rings. The van der Waals surface area contributed by atoms with Crippen LogP contribution in [-0.2, 0) is 11.3 Å². The number of benzene rings is 2. The van der Waals surface area contributed by atoms with Crippen LogP contribution in [0.1, 0.15) is 23.1 Å². The van der Waals surface area contributed by atoms with Crippen molar-refractivity contribution in [3.8, 4) is 22.9 Å². The molecule has 9 nitrogen and oxygen atoms in total. The number of carbonyl (C=O) groups excluding carboxylic acids is 2. The highest BCUT2D eigenvalue weighted by Crippen LogP contribution is 2.18. The van der Waals surface area contributed by atoms with E-state index in [-0.39, 0.29) is 24.9 Å². The molecule has 30 heavy (non-hydrogen) atoms. The van der Waals surface area contributed by atoms with Gasteiger partial charge in [0.25, 0.3) is 5.91 Å². The smallest absolute Gasteiger partial charge is 0.251 e. The number of hydrogen-bond donors (Lipinski definition) is 3. The minimum atomic E-state index is -0.338. The number of amides is 2. The predicted molar refractivity (Wildman–Crippen MR) is 110 cm³/mol. The number of aromatic amines is 1. The standard InChI is InChI=1S/C21H23N5O4/c1-3-30-17-10-6-15(7-11-17)21(28)23-13-19(27)22-12-18-24-20(26-25-18)14-4-8-16(29-2)9-5-14/h4-11H,3,12-13H2,1-2H3,(H,22,27)(H,23,28)(H,24,25,26). The molecule has 0 atom stereocenters. The Labute approximate surface area is 173 Å². The predicted octanol–water partition coefficient (Wildman–Crippen LogP) is 1.93. The maximum atomic E-state index is 12.1. The molecule has 0 aliphatic rings. The molecule has 0 unspecified atom stereocenters. The van der Waals surface area contributed by atoms with Crippen LogP contribution in [-0.4, -0.2) is 47.3 Å². The van der Waals surface area contributed by atoms with E-state index in [1.54, 1.807) is 31.4 Å². The van der Waals surface area contributed by atoms with Gasteiger partial charge in [-0.25, -0.2) is 4.98 Å². The van der Waals surface area contributed by atoms with Gasteiger partial charge in [0.05, 0.1) is 26.8 Å². The number of rotatable bonds is 9. The number of ether oxygens (including phenoxy) is 2. The van der Waals surface area contributed by atoms with E-state index in [1.165, 1.54) is 0 Å². The first-order valence-electron chi connectivity index (χ1n) is 9.42. The van der Waals surface area contributed by atoms with Gasteiger partial charge in [0.1, 0.15) is 17.3 Å². The average Bonchev–Trinajstić information content (AvgIpc) is 3.26. The molecule has 2 amide bonds. The topological polar surface area (TPSA) is 118 Å². The van der Waals surface area contributed by atoms with Crippen LogP contribution >= 0.6 is 0 Å². The first kappa shape index (κ1) is 20.8. The molecule has 2 aromatic carbocycles. The lowest BCUT2D eigenvalue weighted by Crippen LogP contribution is -2.36. The zero-order valence-corrected chi connectivity index (χ0v) is 16.8. The number of nitrogens with zero attached hydrogens (tertiary/aromatic N) is 2. The zero-order chi connectivity index (χ0) is 21.3. The third-order valence-corrected chi connectivity index (χ3v) is 4.17. The maximum Gasteiger partial charge on any atom is 0.251 e. The van der Waals surface area contributed by atoms with Gasteiger partial charge in [-0.2, -0.15) is 5.10 Å². The van der Waals surface area contributed by atoms with Gasteiger partial charge in [-0.1, -0.05) is 0 Å². The van der Waals surface area contributed by atoms with E-state index < -0.39 is 0 Å². The van der Waals surface area contributed by atoms with Gasteiger partial charge in [-0.15, -0.1) is 0 Å². The Balaban J connectivity index is 1.45. The van der Waals surface area contributed by atoms with E-state index in [4.69, 9.17) is 9.47 Å². The highest BCUT2D eigenvalue weighted by molar-refractivity contribution is 5.96. The highest BCUT2D eigenvalue weighted by Gasteiger charge is 2.10. The summed E-state index contributed by atoms with van der Waals surface area (Å²) in [5.41, 5.74) is 1.28. The molecule has 0 saturated heterocycles. The van der Waals surface area contributed by atoms with Crippen LogP contribution in [0.5, 0.6) is 11.5 Å². The highest BCUT2D eigenvalue weighted by atomic mass is 16.5. The van der Waals surface area contributed by atoms with E-state index in [0.29, 0.717) is 29.6 Å². The normalized spacial score (nSPS) is 10.3. The molecule has 0 aliphatic heterocycles. The van der Waals surface area contributed by atoms with Crippen LogP contribution in [0.4, 0.5) is 0 Å². The van der Waals surface area contributed by atoms with Crippen molar-refractivity contribution in [2.24, 2.45) is 0 Å². The number of nitrogens with one attached hydrogen (secondary N) is 3. The molecule has 1 aromatic heterocycles. The molecule has 0 aliphatic carbocycles. The second-order valence-electron chi connectivity index (χ2n) is 6.25. The summed E-state index contributed by atoms with van der Waals surface area (Å²) in [7, 11) is 1.60. The van der Waals surface area contributed by atoms with Crippen molar-refractivity contribution in [3.63, 3.8) is 0 Å². The average molecular weight is 409 g/mol. The monoisotopic (exact) mass is 409 g/mol. The van der Waals surface area contributed by atoms with Crippen LogP contribution < -0.4 is 20.1 Å². The number of methoxy groups -OCH3 is 1. The fraction of sp³-hybridized carbons (Fsp3) is 0.238. The molecule has 3 rings (SSSR count). The number of aromatic nitrogens is 3. The summed E-state index contributed by atoms with van der Waals surface area (Å²) in [5.74, 6) is 1.78. The van der Waals surface area contributed by atoms with E-state index in [0.717, 1.165) is 11.3 Å². The number of H-pyrrole nitrogens is 1. The van der Waals surface area contributed by atoms with E-state index in [2.05, 4.69) is 25.8 Å². The minimum Gasteiger partial charge on any atom is -0.497 e. The molecule has 0 radical (unpaired) electrons. The minimum absolute atomic E-state index is 0.147. The molecule has 9 heteroatoms. The van der Waals surface area contributed by atoms with Crippen LogP contribution in [0.15, 0.2) is 48.5 Å². The Bertz CT molecular complexity index is 983. The van der Waals surface area contributed by atoms with E-state index in [9.17, 15) is 9.59 Å². The Hall–Kier alpha value is -3.88. The van der Waals surface area contributed by atoms with Crippen molar-refractivity contribution in [1.29, 1.82) is 0 Å². The summed E-state index contributed by atoms with van der Waals surface area (Å²) >= 11 is 0. The number of hydrogen-bond acceptors (Lipinski definition) is 6. The molecule has 0 bridgehead atoms. The van der Waals surface area contributed by atoms with Gasteiger partial charge in [0.15, 0.2) is 5.82 Å². The van der Waals surface area contributed by atoms with Crippen LogP contribution in [0.2, 0.25) is 0 Å². The molecule has 156 valence electrons. The number of carbonyl (C=O) groups is 2. The van der Waals surface area contributed by atoms with Crippen LogP contribution in [0.25, 0.3) is 11.4 Å². The van der Waals surface area contributed by atoms with Gasteiger partial charge < -0.3 is 20.1 Å². The largest absolute Gasteiger partial charge is 0.497 e. The summed E-state index contributed by atoms with van der Waals surface area (Å²) in [6.07, 6.45) is 0. The summed E-state index contributed by atoms with van der Waals surface area (Å²) < 4.78 is 10.5. The Morgan fingerprint density at radius 2 is 1.70 bits per heavy atom. The molecule has 3 aromatic rings. The van der Waals surface area contributed by atoms with Crippen LogP contribution in [0.3, 0.4) is 0 Å². The molecule has 0 spiro atoms. The van der Waals surface area contributed by atoms with Gasteiger partial charge >= 0.3 is 0 Å². The summed E-state index contributed by atoms with van der Waals surface area (Å²) in [4.78, 5) is 28.5. The van der Waals surface area contributed by atoms with E-state index >= 15 is 0 Å². The molecular formula is C21H23N5O4. The third kappa shape index (κ3) is 5.57. The zero-order valence-electron chi connectivity index (χ0n) is 16.8. The quantitative estimate of drug-likeness (QED) is 0.497. The van der Waals surface area contributed by atoms with Crippen molar-refractivity contribution >= 4 is 11.8 Å². The Morgan fingerprint density at radius 3 is 2.37 bits per heavy atom. The molecule has 1 heterocycles. The van der Waals surface area contributed by atoms with Crippen molar-refractivity contribution in [2.75, 3.05) is 20.3 Å². The van der Waals surface area contributed by atoms with Gasteiger partial charge in [0, 0.05) is 11.1 Å². The second kappa shape index (κ2) is 10.1. The van der Waals surface area contributed by atoms with Crippen molar-refractivity contribution < 1.29 is 19.1 Å². The molecular weight excluding hydrogens is 386 g/mol. The molecule has 0 saturated carbocycles. The first-order chi connectivity index (χ1) is 14.6. The maximum absolute atomic E-state index is 12.1. The lowest BCUT2D eigenvalue weighted by Gasteiger charge is -2.07. The third-order valence-electron chi connectivity index (χ3n) is 4.17. The fourth-order valence-electron chi connectivity index (χ4n) is 2.62. The lowest BCUT2D eigenvalue weighted by molar-refractivity contribution is -0.120. The lowest BCUT2D eigenvalue weighted by atomic mass is 10.2. The Morgan fingerprint density at radius 1 is 1.00 bits per heavy atom. The van der Waals surface area contributed by atoms with Crippen molar-refractivity contribution in [2.45, 2.75) is 13.5 Å². The van der Waals surface area contributed by atoms with Crippen molar-refractivity contribution in [3.05, 3.63) is 59.9 Å². The second-order valence-corrected chi connectivity index (χ2v) is 6.25. The summed E-state index contributed by atoms with van der Waals surface area (Å²) in [5, 5.41) is 12.2. The van der Waals surface area contributed by atoms with Gasteiger partial charge in [0.2, 0.25) is 5.91 Å². The van der Waals surface area contributed by atoms with Crippen LogP contribution in [0, 0.1) is 0 Å². The van der Waals surface area contributed by atoms with Gasteiger partial charge in [-0.05, 0) is 55.5 Å².